The molecule has 31 heavy (non-hydrogen) atoms. The zero-order chi connectivity index (χ0) is 21.2. The molecule has 0 N–H and O–H groups in total. The Balaban J connectivity index is 1.78. The van der Waals surface area contributed by atoms with E-state index < -0.39 is 0 Å². The molecule has 0 radical (unpaired) electrons. The molecule has 0 amide bonds. The molecule has 0 saturated carbocycles. The molecule has 0 heterocycles. The second kappa shape index (κ2) is 8.24. The van der Waals surface area contributed by atoms with Crippen molar-refractivity contribution in [1.29, 1.82) is 0 Å². The van der Waals surface area contributed by atoms with Crippen molar-refractivity contribution in [3.05, 3.63) is 114 Å². The fourth-order valence-electron chi connectivity index (χ4n) is 4.58. The summed E-state index contributed by atoms with van der Waals surface area (Å²) < 4.78 is 0. The van der Waals surface area contributed by atoms with Crippen LogP contribution in [0.4, 0.5) is 0 Å². The van der Waals surface area contributed by atoms with Gasteiger partial charge >= 0.3 is 0 Å². The van der Waals surface area contributed by atoms with E-state index in [4.69, 9.17) is 0 Å². The molecule has 150 valence electrons. The third-order valence-corrected chi connectivity index (χ3v) is 6.07. The molecule has 0 aliphatic heterocycles. The number of benzene rings is 5. The van der Waals surface area contributed by atoms with Crippen molar-refractivity contribution in [2.75, 3.05) is 0 Å². The standard InChI is InChI=1S/C31H26/c1-3-4-16-27-22(2)20-24-12-6-8-18-30(24)31(27)26-15-9-14-25(21-26)29-19-10-13-23-11-5-7-17-28(23)29/h4-21H,3H2,1-2H3/b16-4-. The predicted octanol–water partition coefficient (Wildman–Crippen LogP) is 9.06. The Labute approximate surface area is 184 Å². The van der Waals surface area contributed by atoms with Gasteiger partial charge in [-0.2, -0.15) is 0 Å². The Morgan fingerprint density at radius 2 is 1.32 bits per heavy atom. The van der Waals surface area contributed by atoms with Crippen LogP contribution in [0.25, 0.3) is 49.9 Å². The molecule has 0 aliphatic rings. The van der Waals surface area contributed by atoms with E-state index >= 15 is 0 Å². The SMILES string of the molecule is CC/C=C\c1c(C)cc2ccccc2c1-c1cccc(-c2cccc3ccccc23)c1. The molecule has 0 saturated heterocycles. The van der Waals surface area contributed by atoms with Gasteiger partial charge in [0.2, 0.25) is 0 Å². The Morgan fingerprint density at radius 3 is 2.16 bits per heavy atom. The highest BCUT2D eigenvalue weighted by Gasteiger charge is 2.13. The third kappa shape index (κ3) is 3.55. The highest BCUT2D eigenvalue weighted by Crippen LogP contribution is 2.38. The molecule has 0 nitrogen and oxygen atoms in total. The molecule has 0 aliphatic carbocycles. The highest BCUT2D eigenvalue weighted by molar-refractivity contribution is 6.03. The van der Waals surface area contributed by atoms with Crippen LogP contribution < -0.4 is 0 Å². The quantitative estimate of drug-likeness (QED) is 0.283. The summed E-state index contributed by atoms with van der Waals surface area (Å²) in [6.07, 6.45) is 5.58. The van der Waals surface area contributed by atoms with Crippen LogP contribution in [0, 0.1) is 6.92 Å². The summed E-state index contributed by atoms with van der Waals surface area (Å²) in [5.41, 5.74) is 7.75. The van der Waals surface area contributed by atoms with Crippen LogP contribution in [0.3, 0.4) is 0 Å². The van der Waals surface area contributed by atoms with Crippen LogP contribution in [-0.4, -0.2) is 0 Å². The number of hydrogen-bond donors (Lipinski definition) is 0. The number of aryl methyl sites for hydroxylation is 1. The van der Waals surface area contributed by atoms with Gasteiger partial charge in [-0.15, -0.1) is 0 Å². The Morgan fingerprint density at radius 1 is 0.645 bits per heavy atom. The van der Waals surface area contributed by atoms with E-state index in [2.05, 4.69) is 123 Å². The second-order valence-corrected chi connectivity index (χ2v) is 8.12. The normalized spacial score (nSPS) is 11.5. The minimum atomic E-state index is 1.03. The van der Waals surface area contributed by atoms with E-state index in [-0.39, 0.29) is 0 Å². The van der Waals surface area contributed by atoms with E-state index in [1.807, 2.05) is 0 Å². The van der Waals surface area contributed by atoms with Crippen molar-refractivity contribution in [2.24, 2.45) is 0 Å². The monoisotopic (exact) mass is 398 g/mol. The highest BCUT2D eigenvalue weighted by atomic mass is 14.2. The smallest absolute Gasteiger partial charge is 0.00301 e. The zero-order valence-corrected chi connectivity index (χ0v) is 18.1. The van der Waals surface area contributed by atoms with Gasteiger partial charge in [0.15, 0.2) is 0 Å². The molecule has 5 aromatic rings. The molecule has 0 aromatic heterocycles. The van der Waals surface area contributed by atoms with Gasteiger partial charge in [-0.3, -0.25) is 0 Å². The number of rotatable bonds is 4. The van der Waals surface area contributed by atoms with E-state index in [1.54, 1.807) is 0 Å². The van der Waals surface area contributed by atoms with Gasteiger partial charge in [0.25, 0.3) is 0 Å². The Hall–Kier alpha value is -3.64. The molecule has 5 aromatic carbocycles. The molecule has 0 bridgehead atoms. The van der Waals surface area contributed by atoms with E-state index in [1.165, 1.54) is 54.9 Å². The fraction of sp³-hybridized carbons (Fsp3) is 0.0968. The molecule has 0 heteroatoms. The van der Waals surface area contributed by atoms with Gasteiger partial charge in [0.1, 0.15) is 0 Å². The second-order valence-electron chi connectivity index (χ2n) is 8.12. The predicted molar refractivity (Wildman–Crippen MR) is 136 cm³/mol. The molecular formula is C31H26. The molecule has 5 rings (SSSR count). The fourth-order valence-corrected chi connectivity index (χ4v) is 4.58. The summed E-state index contributed by atoms with van der Waals surface area (Å²) in [6, 6.07) is 35.3. The van der Waals surface area contributed by atoms with Crippen molar-refractivity contribution >= 4 is 27.6 Å². The van der Waals surface area contributed by atoms with Crippen molar-refractivity contribution in [3.63, 3.8) is 0 Å². The number of allylic oxidation sites excluding steroid dienone is 1. The third-order valence-electron chi connectivity index (χ3n) is 6.07. The van der Waals surface area contributed by atoms with Crippen molar-refractivity contribution in [2.45, 2.75) is 20.3 Å². The maximum Gasteiger partial charge on any atom is -0.00301 e. The summed E-state index contributed by atoms with van der Waals surface area (Å²) in [6.45, 7) is 4.41. The maximum absolute atomic E-state index is 2.35. The lowest BCUT2D eigenvalue weighted by Gasteiger charge is -2.16. The van der Waals surface area contributed by atoms with Gasteiger partial charge in [-0.1, -0.05) is 110 Å². The van der Waals surface area contributed by atoms with Crippen LogP contribution in [-0.2, 0) is 0 Å². The van der Waals surface area contributed by atoms with Crippen molar-refractivity contribution in [3.8, 4) is 22.3 Å². The van der Waals surface area contributed by atoms with Crippen LogP contribution in [0.5, 0.6) is 0 Å². The van der Waals surface area contributed by atoms with E-state index in [0.29, 0.717) is 0 Å². The lowest BCUT2D eigenvalue weighted by atomic mass is 9.88. The molecule has 0 spiro atoms. The maximum atomic E-state index is 2.35. The first kappa shape index (κ1) is 19.3. The molecule has 0 fully saturated rings. The molecule has 0 atom stereocenters. The largest absolute Gasteiger partial charge is 0.0842 e. The summed E-state index contributed by atoms with van der Waals surface area (Å²) in [5, 5.41) is 5.17. The van der Waals surface area contributed by atoms with E-state index in [9.17, 15) is 0 Å². The minimum Gasteiger partial charge on any atom is -0.0842 e. The van der Waals surface area contributed by atoms with Crippen LogP contribution in [0.2, 0.25) is 0 Å². The summed E-state index contributed by atoms with van der Waals surface area (Å²) in [7, 11) is 0. The van der Waals surface area contributed by atoms with Crippen LogP contribution in [0.15, 0.2) is 103 Å². The average molecular weight is 399 g/mol. The lowest BCUT2D eigenvalue weighted by molar-refractivity contribution is 1.23. The van der Waals surface area contributed by atoms with Gasteiger partial charge in [-0.05, 0) is 74.3 Å². The average Bonchev–Trinajstić information content (AvgIpc) is 2.82. The Bertz CT molecular complexity index is 1410. The Kier molecular flexibility index (Phi) is 5.14. The first-order valence-corrected chi connectivity index (χ1v) is 11.0. The van der Waals surface area contributed by atoms with Crippen LogP contribution >= 0.6 is 0 Å². The minimum absolute atomic E-state index is 1.03. The summed E-state index contributed by atoms with van der Waals surface area (Å²) >= 11 is 0. The summed E-state index contributed by atoms with van der Waals surface area (Å²) in [5.74, 6) is 0. The molecule has 0 unspecified atom stereocenters. The first-order valence-electron chi connectivity index (χ1n) is 11.0. The number of fused-ring (bicyclic) bond motifs is 2. The lowest BCUT2D eigenvalue weighted by Crippen LogP contribution is -1.92. The number of hydrogen-bond acceptors (Lipinski definition) is 0. The van der Waals surface area contributed by atoms with Gasteiger partial charge < -0.3 is 0 Å². The van der Waals surface area contributed by atoms with Gasteiger partial charge in [0, 0.05) is 0 Å². The van der Waals surface area contributed by atoms with Gasteiger partial charge in [-0.25, -0.2) is 0 Å². The first-order chi connectivity index (χ1) is 15.3. The molecular weight excluding hydrogens is 372 g/mol. The van der Waals surface area contributed by atoms with Crippen LogP contribution in [0.1, 0.15) is 24.5 Å². The topological polar surface area (TPSA) is 0 Å². The van der Waals surface area contributed by atoms with Crippen molar-refractivity contribution in [1.82, 2.24) is 0 Å². The van der Waals surface area contributed by atoms with Gasteiger partial charge in [0.05, 0.1) is 0 Å². The summed E-state index contributed by atoms with van der Waals surface area (Å²) in [4.78, 5) is 0. The van der Waals surface area contributed by atoms with E-state index in [0.717, 1.165) is 6.42 Å². The zero-order valence-electron chi connectivity index (χ0n) is 18.1. The van der Waals surface area contributed by atoms with Crippen molar-refractivity contribution < 1.29 is 0 Å².